The maximum Gasteiger partial charge on any atom is 0.335 e. The van der Waals surface area contributed by atoms with Crippen LogP contribution in [0.4, 0.5) is 0 Å². The molecular weight excluding hydrogens is 374 g/mol. The van der Waals surface area contributed by atoms with Crippen molar-refractivity contribution < 1.29 is 9.90 Å². The molecule has 30 heavy (non-hydrogen) atoms. The Labute approximate surface area is 174 Å². The van der Waals surface area contributed by atoms with Crippen LogP contribution in [-0.2, 0) is 6.54 Å². The minimum absolute atomic E-state index is 0.332. The summed E-state index contributed by atoms with van der Waals surface area (Å²) in [6.07, 6.45) is 10.1. The zero-order valence-corrected chi connectivity index (χ0v) is 16.7. The third-order valence-corrected chi connectivity index (χ3v) is 6.80. The van der Waals surface area contributed by atoms with Crippen molar-refractivity contribution >= 4 is 16.9 Å². The van der Waals surface area contributed by atoms with Crippen LogP contribution in [0, 0.1) is 0 Å². The molecule has 5 nitrogen and oxygen atoms in total. The predicted octanol–water partition coefficient (Wildman–Crippen LogP) is 5.60. The van der Waals surface area contributed by atoms with Crippen molar-refractivity contribution in [1.82, 2.24) is 14.1 Å². The molecule has 0 atom stereocenters. The Morgan fingerprint density at radius 3 is 2.73 bits per heavy atom. The van der Waals surface area contributed by atoms with Crippen molar-refractivity contribution in [2.75, 3.05) is 0 Å². The Balaban J connectivity index is 1.73. The number of hydrogen-bond acceptors (Lipinski definition) is 2. The minimum Gasteiger partial charge on any atom is -0.478 e. The quantitative estimate of drug-likeness (QED) is 0.422. The first-order valence-corrected chi connectivity index (χ1v) is 10.7. The number of nitrogens with zero attached hydrogens (tertiary/aromatic N) is 3. The van der Waals surface area contributed by atoms with Crippen molar-refractivity contribution in [3.05, 3.63) is 71.8 Å². The molecule has 0 radical (unpaired) electrons. The average Bonchev–Trinajstić information content (AvgIpc) is 3.33. The van der Waals surface area contributed by atoms with Crippen LogP contribution >= 0.6 is 0 Å². The second-order valence-electron chi connectivity index (χ2n) is 8.45. The van der Waals surface area contributed by atoms with Gasteiger partial charge < -0.3 is 14.2 Å². The van der Waals surface area contributed by atoms with Gasteiger partial charge in [0.25, 0.3) is 0 Å². The second kappa shape index (κ2) is 6.59. The van der Waals surface area contributed by atoms with Gasteiger partial charge in [0.05, 0.1) is 29.0 Å². The zero-order chi connectivity index (χ0) is 20.2. The normalized spacial score (nSPS) is 16.0. The minimum atomic E-state index is -0.887. The number of aromatic carboxylic acids is 1. The molecule has 2 aliphatic rings. The number of para-hydroxylation sites is 1. The number of carbonyl (C=O) groups is 1. The van der Waals surface area contributed by atoms with E-state index in [1.165, 1.54) is 54.3 Å². The van der Waals surface area contributed by atoms with Crippen molar-refractivity contribution in [3.8, 4) is 16.9 Å². The standard InChI is InChI=1S/C25H23N3O2/c29-25(30)17-10-11-18-21(14-17)28-15-22-26-12-13-27(22)20-9-5-4-8-19(20)24(28)23(18)16-6-2-1-3-7-16/h4-5,8-14,16H,1-3,6-7,15H2,(H,29,30). The summed E-state index contributed by atoms with van der Waals surface area (Å²) < 4.78 is 4.47. The summed E-state index contributed by atoms with van der Waals surface area (Å²) in [6.45, 7) is 0.628. The number of rotatable bonds is 2. The Bertz CT molecular complexity index is 1290. The molecular formula is C25H23N3O2. The second-order valence-corrected chi connectivity index (χ2v) is 8.45. The van der Waals surface area contributed by atoms with Crippen LogP contribution in [-0.4, -0.2) is 25.2 Å². The number of hydrogen-bond donors (Lipinski definition) is 1. The van der Waals surface area contributed by atoms with Gasteiger partial charge in [-0.1, -0.05) is 43.5 Å². The van der Waals surface area contributed by atoms with Gasteiger partial charge in [0.2, 0.25) is 0 Å². The third-order valence-electron chi connectivity index (χ3n) is 6.80. The summed E-state index contributed by atoms with van der Waals surface area (Å²) in [5.41, 5.74) is 6.29. The first-order valence-electron chi connectivity index (χ1n) is 10.7. The SMILES string of the molecule is O=C(O)c1ccc2c(C3CCCCC3)c3n(c2c1)Cc1nccn1-c1ccccc1-3. The van der Waals surface area contributed by atoms with Crippen molar-refractivity contribution in [2.24, 2.45) is 0 Å². The van der Waals surface area contributed by atoms with Gasteiger partial charge in [-0.05, 0) is 42.5 Å². The molecule has 4 aromatic rings. The van der Waals surface area contributed by atoms with E-state index in [-0.39, 0.29) is 0 Å². The molecule has 150 valence electrons. The van der Waals surface area contributed by atoms with Gasteiger partial charge in [-0.15, -0.1) is 0 Å². The number of imidazole rings is 1. The topological polar surface area (TPSA) is 60.0 Å². The highest BCUT2D eigenvalue weighted by atomic mass is 16.4. The fraction of sp³-hybridized carbons (Fsp3) is 0.280. The molecule has 6 rings (SSSR count). The molecule has 0 unspecified atom stereocenters. The van der Waals surface area contributed by atoms with Gasteiger partial charge >= 0.3 is 5.97 Å². The van der Waals surface area contributed by atoms with E-state index < -0.39 is 5.97 Å². The van der Waals surface area contributed by atoms with Crippen LogP contribution in [0.1, 0.15) is 59.8 Å². The van der Waals surface area contributed by atoms with Crippen molar-refractivity contribution in [1.29, 1.82) is 0 Å². The van der Waals surface area contributed by atoms with Crippen molar-refractivity contribution in [3.63, 3.8) is 0 Å². The molecule has 3 heterocycles. The maximum atomic E-state index is 11.7. The Morgan fingerprint density at radius 1 is 1.07 bits per heavy atom. The van der Waals surface area contributed by atoms with Crippen LogP contribution in [0.5, 0.6) is 0 Å². The summed E-state index contributed by atoms with van der Waals surface area (Å²) >= 11 is 0. The Morgan fingerprint density at radius 2 is 1.90 bits per heavy atom. The van der Waals surface area contributed by atoms with Crippen LogP contribution in [0.2, 0.25) is 0 Å². The van der Waals surface area contributed by atoms with Gasteiger partial charge in [-0.2, -0.15) is 0 Å². The van der Waals surface area contributed by atoms with Gasteiger partial charge in [-0.3, -0.25) is 0 Å². The Hall–Kier alpha value is -3.34. The highest BCUT2D eigenvalue weighted by Gasteiger charge is 2.30. The lowest BCUT2D eigenvalue weighted by Crippen LogP contribution is -2.07. The maximum absolute atomic E-state index is 11.7. The zero-order valence-electron chi connectivity index (χ0n) is 16.7. The monoisotopic (exact) mass is 397 g/mol. The van der Waals surface area contributed by atoms with Crippen molar-refractivity contribution in [2.45, 2.75) is 44.6 Å². The summed E-state index contributed by atoms with van der Waals surface area (Å²) in [5.74, 6) is 0.586. The Kier molecular flexibility index (Phi) is 3.85. The largest absolute Gasteiger partial charge is 0.478 e. The predicted molar refractivity (Wildman–Crippen MR) is 116 cm³/mol. The first-order chi connectivity index (χ1) is 14.7. The van der Waals surface area contributed by atoms with Crippen LogP contribution in [0.25, 0.3) is 27.8 Å². The van der Waals surface area contributed by atoms with E-state index in [0.29, 0.717) is 18.0 Å². The number of aromatic nitrogens is 3. The molecule has 1 aliphatic heterocycles. The lowest BCUT2D eigenvalue weighted by atomic mass is 9.81. The van der Waals surface area contributed by atoms with E-state index in [1.54, 1.807) is 6.07 Å². The average molecular weight is 397 g/mol. The van der Waals surface area contributed by atoms with E-state index in [4.69, 9.17) is 0 Å². The lowest BCUT2D eigenvalue weighted by molar-refractivity contribution is 0.0697. The van der Waals surface area contributed by atoms with E-state index in [1.807, 2.05) is 24.5 Å². The highest BCUT2D eigenvalue weighted by molar-refractivity contribution is 5.99. The fourth-order valence-electron chi connectivity index (χ4n) is 5.46. The molecule has 5 heteroatoms. The number of fused-ring (bicyclic) bond motifs is 7. The number of benzene rings is 2. The molecule has 1 saturated carbocycles. The first kappa shape index (κ1) is 17.5. The number of carboxylic acid groups (broad SMARTS) is 1. The molecule has 1 N–H and O–H groups in total. The van der Waals surface area contributed by atoms with Gasteiger partial charge in [0.15, 0.2) is 0 Å². The molecule has 0 spiro atoms. The molecule has 0 bridgehead atoms. The third kappa shape index (κ3) is 2.48. The molecule has 1 aliphatic carbocycles. The van der Waals surface area contributed by atoms with Gasteiger partial charge in [-0.25, -0.2) is 9.78 Å². The van der Waals surface area contributed by atoms with Crippen LogP contribution in [0.15, 0.2) is 54.9 Å². The molecule has 0 amide bonds. The molecule has 2 aromatic heterocycles. The summed E-state index contributed by atoms with van der Waals surface area (Å²) in [6, 6.07) is 14.1. The van der Waals surface area contributed by atoms with Crippen LogP contribution < -0.4 is 0 Å². The highest BCUT2D eigenvalue weighted by Crippen LogP contribution is 2.46. The van der Waals surface area contributed by atoms with Gasteiger partial charge in [0.1, 0.15) is 5.82 Å². The van der Waals surface area contributed by atoms with Gasteiger partial charge in [0, 0.05) is 23.3 Å². The molecule has 0 saturated heterocycles. The summed E-state index contributed by atoms with van der Waals surface area (Å²) in [5, 5.41) is 10.8. The van der Waals surface area contributed by atoms with Crippen LogP contribution in [0.3, 0.4) is 0 Å². The lowest BCUT2D eigenvalue weighted by Gasteiger charge is -2.23. The molecule has 2 aromatic carbocycles. The van der Waals surface area contributed by atoms with E-state index >= 15 is 0 Å². The molecule has 1 fully saturated rings. The smallest absolute Gasteiger partial charge is 0.335 e. The fourth-order valence-corrected chi connectivity index (χ4v) is 5.46. The van der Waals surface area contributed by atoms with E-state index in [2.05, 4.69) is 38.4 Å². The summed E-state index contributed by atoms with van der Waals surface area (Å²) in [7, 11) is 0. The summed E-state index contributed by atoms with van der Waals surface area (Å²) in [4.78, 5) is 16.3. The van der Waals surface area contributed by atoms with E-state index in [0.717, 1.165) is 17.0 Å². The number of carboxylic acids is 1. The van der Waals surface area contributed by atoms with E-state index in [9.17, 15) is 9.90 Å².